The standard InChI is InChI=1S/C15H21N3O3/c1-8(11-6-9-3-4-10(11)5-9)17-14(19)13-12(15(20)21)7-16-18(13)2/h7-11H,3-6H2,1-2H3,(H,17,19)(H,20,21). The number of aromatic carboxylic acids is 1. The summed E-state index contributed by atoms with van der Waals surface area (Å²) in [5.41, 5.74) is 0.0765. The maximum Gasteiger partial charge on any atom is 0.339 e. The van der Waals surface area contributed by atoms with Gasteiger partial charge in [0.15, 0.2) is 0 Å². The van der Waals surface area contributed by atoms with E-state index in [1.54, 1.807) is 7.05 Å². The van der Waals surface area contributed by atoms with E-state index in [9.17, 15) is 9.59 Å². The maximum atomic E-state index is 12.4. The summed E-state index contributed by atoms with van der Waals surface area (Å²) in [6.45, 7) is 2.03. The highest BCUT2D eigenvalue weighted by Crippen LogP contribution is 2.49. The third-order valence-corrected chi connectivity index (χ3v) is 5.18. The van der Waals surface area contributed by atoms with Gasteiger partial charge >= 0.3 is 5.97 Å². The Hall–Kier alpha value is -1.85. The Bertz CT molecular complexity index is 581. The van der Waals surface area contributed by atoms with Crippen LogP contribution < -0.4 is 5.32 Å². The highest BCUT2D eigenvalue weighted by Gasteiger charge is 2.42. The van der Waals surface area contributed by atoms with Gasteiger partial charge in [-0.05, 0) is 43.9 Å². The SMILES string of the molecule is CC(NC(=O)c1c(C(=O)O)cnn1C)C1CC2CCC1C2. The van der Waals surface area contributed by atoms with E-state index in [2.05, 4.69) is 10.4 Å². The van der Waals surface area contributed by atoms with Crippen LogP contribution in [0, 0.1) is 17.8 Å². The number of carboxylic acids is 1. The molecular formula is C15H21N3O3. The molecule has 1 aromatic rings. The molecule has 6 nitrogen and oxygen atoms in total. The van der Waals surface area contributed by atoms with Crippen LogP contribution in [-0.4, -0.2) is 32.8 Å². The first kappa shape index (κ1) is 14.1. The second-order valence-corrected chi connectivity index (χ2v) is 6.44. The van der Waals surface area contributed by atoms with Crippen LogP contribution >= 0.6 is 0 Å². The van der Waals surface area contributed by atoms with E-state index in [1.165, 1.54) is 36.6 Å². The Morgan fingerprint density at radius 2 is 2.19 bits per heavy atom. The Balaban J connectivity index is 1.72. The van der Waals surface area contributed by atoms with Crippen molar-refractivity contribution in [3.8, 4) is 0 Å². The van der Waals surface area contributed by atoms with Gasteiger partial charge in [0.05, 0.1) is 6.20 Å². The molecule has 21 heavy (non-hydrogen) atoms. The maximum absolute atomic E-state index is 12.4. The summed E-state index contributed by atoms with van der Waals surface area (Å²) in [5.74, 6) is 0.596. The van der Waals surface area contributed by atoms with Gasteiger partial charge in [-0.3, -0.25) is 9.48 Å². The van der Waals surface area contributed by atoms with Gasteiger partial charge in [-0.25, -0.2) is 4.79 Å². The second kappa shape index (κ2) is 5.16. The molecule has 0 radical (unpaired) electrons. The number of fused-ring (bicyclic) bond motifs is 2. The fourth-order valence-corrected chi connectivity index (χ4v) is 4.15. The average molecular weight is 291 g/mol. The van der Waals surface area contributed by atoms with Crippen LogP contribution in [0.3, 0.4) is 0 Å². The van der Waals surface area contributed by atoms with Crippen LogP contribution in [-0.2, 0) is 7.05 Å². The van der Waals surface area contributed by atoms with Gasteiger partial charge in [0.2, 0.25) is 0 Å². The van der Waals surface area contributed by atoms with E-state index in [-0.39, 0.29) is 23.2 Å². The van der Waals surface area contributed by atoms with Crippen molar-refractivity contribution in [3.05, 3.63) is 17.5 Å². The Kier molecular flexibility index (Phi) is 3.47. The number of carboxylic acid groups (broad SMARTS) is 1. The number of carbonyl (C=O) groups is 2. The first-order chi connectivity index (χ1) is 9.97. The number of hydrogen-bond donors (Lipinski definition) is 2. The van der Waals surface area contributed by atoms with Crippen LogP contribution in [0.25, 0.3) is 0 Å². The van der Waals surface area contributed by atoms with Crippen molar-refractivity contribution in [3.63, 3.8) is 0 Å². The minimum absolute atomic E-state index is 0.0462. The molecule has 2 bridgehead atoms. The van der Waals surface area contributed by atoms with Crippen molar-refractivity contribution in [1.29, 1.82) is 0 Å². The summed E-state index contributed by atoms with van der Waals surface area (Å²) in [7, 11) is 1.59. The summed E-state index contributed by atoms with van der Waals surface area (Å²) in [6, 6.07) is 0.0735. The largest absolute Gasteiger partial charge is 0.478 e. The van der Waals surface area contributed by atoms with E-state index < -0.39 is 5.97 Å². The van der Waals surface area contributed by atoms with Crippen molar-refractivity contribution >= 4 is 11.9 Å². The minimum atomic E-state index is -1.12. The molecule has 114 valence electrons. The van der Waals surface area contributed by atoms with Crippen LogP contribution in [0.4, 0.5) is 0 Å². The van der Waals surface area contributed by atoms with Gasteiger partial charge in [0, 0.05) is 13.1 Å². The molecule has 2 aliphatic carbocycles. The predicted octanol–water partition coefficient (Wildman–Crippen LogP) is 1.67. The molecule has 0 spiro atoms. The molecule has 3 rings (SSSR count). The minimum Gasteiger partial charge on any atom is -0.478 e. The van der Waals surface area contributed by atoms with Crippen molar-refractivity contribution in [2.45, 2.75) is 38.6 Å². The second-order valence-electron chi connectivity index (χ2n) is 6.44. The quantitative estimate of drug-likeness (QED) is 0.884. The Labute approximate surface area is 123 Å². The van der Waals surface area contributed by atoms with E-state index in [0.29, 0.717) is 5.92 Å². The average Bonchev–Trinajstić information content (AvgIpc) is 3.12. The number of rotatable bonds is 4. The molecule has 2 fully saturated rings. The fourth-order valence-electron chi connectivity index (χ4n) is 4.15. The smallest absolute Gasteiger partial charge is 0.339 e. The van der Waals surface area contributed by atoms with E-state index in [1.807, 2.05) is 6.92 Å². The van der Waals surface area contributed by atoms with Crippen LogP contribution in [0.15, 0.2) is 6.20 Å². The molecule has 2 aliphatic rings. The zero-order valence-corrected chi connectivity index (χ0v) is 12.4. The molecule has 4 unspecified atom stereocenters. The van der Waals surface area contributed by atoms with E-state index in [4.69, 9.17) is 5.11 Å². The highest BCUT2D eigenvalue weighted by atomic mass is 16.4. The molecular weight excluding hydrogens is 270 g/mol. The van der Waals surface area contributed by atoms with Gasteiger partial charge in [-0.2, -0.15) is 5.10 Å². The molecule has 0 saturated heterocycles. The third-order valence-electron chi connectivity index (χ3n) is 5.18. The van der Waals surface area contributed by atoms with Crippen LogP contribution in [0.2, 0.25) is 0 Å². The molecule has 0 aliphatic heterocycles. The number of amides is 1. The summed E-state index contributed by atoms with van der Waals surface area (Å²) in [4.78, 5) is 23.5. The number of carbonyl (C=O) groups excluding carboxylic acids is 1. The lowest BCUT2D eigenvalue weighted by molar-refractivity contribution is 0.0689. The first-order valence-electron chi connectivity index (χ1n) is 7.53. The van der Waals surface area contributed by atoms with Gasteiger partial charge < -0.3 is 10.4 Å². The summed E-state index contributed by atoms with van der Waals surface area (Å²) < 4.78 is 1.33. The lowest BCUT2D eigenvalue weighted by Gasteiger charge is -2.28. The zero-order valence-electron chi connectivity index (χ0n) is 12.4. The van der Waals surface area contributed by atoms with Gasteiger partial charge in [-0.1, -0.05) is 6.42 Å². The summed E-state index contributed by atoms with van der Waals surface area (Å²) in [6.07, 6.45) is 6.29. The monoisotopic (exact) mass is 291 g/mol. The van der Waals surface area contributed by atoms with Crippen molar-refractivity contribution in [2.24, 2.45) is 24.8 Å². The molecule has 2 saturated carbocycles. The van der Waals surface area contributed by atoms with Crippen molar-refractivity contribution < 1.29 is 14.7 Å². The topological polar surface area (TPSA) is 84.2 Å². The molecule has 1 heterocycles. The summed E-state index contributed by atoms with van der Waals surface area (Å²) >= 11 is 0. The van der Waals surface area contributed by atoms with Crippen LogP contribution in [0.1, 0.15) is 53.5 Å². The van der Waals surface area contributed by atoms with E-state index >= 15 is 0 Å². The number of aromatic nitrogens is 2. The predicted molar refractivity (Wildman–Crippen MR) is 76.0 cm³/mol. The van der Waals surface area contributed by atoms with Gasteiger partial charge in [-0.15, -0.1) is 0 Å². The van der Waals surface area contributed by atoms with Crippen molar-refractivity contribution in [1.82, 2.24) is 15.1 Å². The lowest BCUT2D eigenvalue weighted by atomic mass is 9.84. The van der Waals surface area contributed by atoms with E-state index in [0.717, 1.165) is 11.8 Å². The third kappa shape index (κ3) is 2.43. The number of aryl methyl sites for hydroxylation is 1. The molecule has 0 aromatic carbocycles. The zero-order chi connectivity index (χ0) is 15.1. The van der Waals surface area contributed by atoms with Crippen molar-refractivity contribution in [2.75, 3.05) is 0 Å². The van der Waals surface area contributed by atoms with Crippen LogP contribution in [0.5, 0.6) is 0 Å². The van der Waals surface area contributed by atoms with Gasteiger partial charge in [0.25, 0.3) is 5.91 Å². The van der Waals surface area contributed by atoms with Gasteiger partial charge in [0.1, 0.15) is 11.3 Å². The Morgan fingerprint density at radius 1 is 1.43 bits per heavy atom. The molecule has 4 atom stereocenters. The molecule has 2 N–H and O–H groups in total. The highest BCUT2D eigenvalue weighted by molar-refractivity contribution is 6.03. The molecule has 1 amide bonds. The molecule has 1 aromatic heterocycles. The number of nitrogens with one attached hydrogen (secondary N) is 1. The lowest BCUT2D eigenvalue weighted by Crippen LogP contribution is -2.41. The summed E-state index contributed by atoms with van der Waals surface area (Å²) in [5, 5.41) is 16.0. The number of hydrogen-bond acceptors (Lipinski definition) is 3. The fraction of sp³-hybridized carbons (Fsp3) is 0.667. The first-order valence-corrected chi connectivity index (χ1v) is 7.53. The molecule has 6 heteroatoms. The Morgan fingerprint density at radius 3 is 2.76 bits per heavy atom. The number of nitrogens with zero attached hydrogens (tertiary/aromatic N) is 2. The normalized spacial score (nSPS) is 28.6.